The van der Waals surface area contributed by atoms with E-state index < -0.39 is 16.4 Å². The second-order valence-corrected chi connectivity index (χ2v) is 5.60. The van der Waals surface area contributed by atoms with E-state index in [4.69, 9.17) is 0 Å². The second kappa shape index (κ2) is 6.03. The van der Waals surface area contributed by atoms with Gasteiger partial charge in [0.2, 0.25) is 5.82 Å². The number of allylic oxidation sites excluding steroid dienone is 2. The fraction of sp³-hybridized carbons (Fsp3) is 0.467. The molecule has 0 radical (unpaired) electrons. The molecular formula is C15H19FN2O2. The standard InChI is InChI=1S/C15H19FN2O2/c1-10-5-11(2)7-12(6-10)9-17-13-3-4-15(18(19)20)14(16)8-13/h3-5,8,10,12,17H,6-7,9H2,1-2H3. The van der Waals surface area contributed by atoms with Crippen molar-refractivity contribution in [1.29, 1.82) is 0 Å². The van der Waals surface area contributed by atoms with Gasteiger partial charge in [0, 0.05) is 24.4 Å². The van der Waals surface area contributed by atoms with E-state index in [1.54, 1.807) is 6.07 Å². The van der Waals surface area contributed by atoms with E-state index in [1.807, 2.05) is 0 Å². The van der Waals surface area contributed by atoms with Crippen LogP contribution in [0.4, 0.5) is 15.8 Å². The first kappa shape index (κ1) is 14.5. The number of hydrogen-bond donors (Lipinski definition) is 1. The van der Waals surface area contributed by atoms with Gasteiger partial charge in [0.25, 0.3) is 0 Å². The van der Waals surface area contributed by atoms with Crippen LogP contribution in [0.3, 0.4) is 0 Å². The molecular weight excluding hydrogens is 259 g/mol. The van der Waals surface area contributed by atoms with E-state index in [9.17, 15) is 14.5 Å². The maximum Gasteiger partial charge on any atom is 0.304 e. The summed E-state index contributed by atoms with van der Waals surface area (Å²) in [6.45, 7) is 5.09. The molecule has 1 aromatic rings. The number of anilines is 1. The van der Waals surface area contributed by atoms with Gasteiger partial charge in [0.1, 0.15) is 0 Å². The summed E-state index contributed by atoms with van der Waals surface area (Å²) < 4.78 is 13.5. The van der Waals surface area contributed by atoms with Gasteiger partial charge in [0.15, 0.2) is 0 Å². The van der Waals surface area contributed by atoms with Crippen LogP contribution >= 0.6 is 0 Å². The van der Waals surface area contributed by atoms with Gasteiger partial charge in [-0.15, -0.1) is 0 Å². The lowest BCUT2D eigenvalue weighted by atomic mass is 9.84. The molecule has 0 saturated heterocycles. The van der Waals surface area contributed by atoms with E-state index in [0.717, 1.165) is 19.4 Å². The molecule has 1 aliphatic carbocycles. The van der Waals surface area contributed by atoms with Crippen LogP contribution in [0.2, 0.25) is 0 Å². The summed E-state index contributed by atoms with van der Waals surface area (Å²) in [6, 6.07) is 3.94. The molecule has 1 aliphatic rings. The molecule has 0 heterocycles. The number of hydrogen-bond acceptors (Lipinski definition) is 3. The number of nitro benzene ring substituents is 1. The van der Waals surface area contributed by atoms with Crippen LogP contribution in [0.1, 0.15) is 26.7 Å². The first-order valence-electron chi connectivity index (χ1n) is 6.81. The van der Waals surface area contributed by atoms with Crippen molar-refractivity contribution in [2.45, 2.75) is 26.7 Å². The van der Waals surface area contributed by atoms with E-state index in [0.29, 0.717) is 17.5 Å². The molecule has 1 aromatic carbocycles. The molecule has 2 atom stereocenters. The minimum absolute atomic E-state index is 0.486. The van der Waals surface area contributed by atoms with Crippen molar-refractivity contribution in [1.82, 2.24) is 0 Å². The van der Waals surface area contributed by atoms with Gasteiger partial charge in [-0.2, -0.15) is 4.39 Å². The molecule has 2 unspecified atom stereocenters. The Kier molecular flexibility index (Phi) is 4.37. The van der Waals surface area contributed by atoms with Gasteiger partial charge in [0.05, 0.1) is 4.92 Å². The van der Waals surface area contributed by atoms with Gasteiger partial charge in [-0.05, 0) is 37.7 Å². The Balaban J connectivity index is 1.96. The zero-order valence-electron chi connectivity index (χ0n) is 11.7. The third kappa shape index (κ3) is 3.56. The van der Waals surface area contributed by atoms with Crippen LogP contribution in [0, 0.1) is 27.8 Å². The second-order valence-electron chi connectivity index (χ2n) is 5.60. The fourth-order valence-corrected chi connectivity index (χ4v) is 2.87. The molecule has 4 nitrogen and oxygen atoms in total. The van der Waals surface area contributed by atoms with E-state index in [-0.39, 0.29) is 0 Å². The third-order valence-electron chi connectivity index (χ3n) is 3.62. The van der Waals surface area contributed by atoms with Crippen LogP contribution in [-0.2, 0) is 0 Å². The predicted molar refractivity (Wildman–Crippen MR) is 77.2 cm³/mol. The van der Waals surface area contributed by atoms with Crippen molar-refractivity contribution in [2.75, 3.05) is 11.9 Å². The Hall–Kier alpha value is -1.91. The first-order valence-corrected chi connectivity index (χ1v) is 6.81. The van der Waals surface area contributed by atoms with Crippen LogP contribution in [0.5, 0.6) is 0 Å². The van der Waals surface area contributed by atoms with E-state index in [2.05, 4.69) is 25.2 Å². The van der Waals surface area contributed by atoms with Crippen LogP contribution < -0.4 is 5.32 Å². The highest BCUT2D eigenvalue weighted by atomic mass is 19.1. The SMILES string of the molecule is CC1=CC(C)CC(CNc2ccc([N+](=O)[O-])c(F)c2)C1. The Labute approximate surface area is 117 Å². The summed E-state index contributed by atoms with van der Waals surface area (Å²) >= 11 is 0. The zero-order valence-corrected chi connectivity index (χ0v) is 11.7. The number of nitro groups is 1. The third-order valence-corrected chi connectivity index (χ3v) is 3.62. The molecule has 0 aromatic heterocycles. The molecule has 2 rings (SSSR count). The predicted octanol–water partition coefficient (Wildman–Crippen LogP) is 4.14. The molecule has 0 saturated carbocycles. The van der Waals surface area contributed by atoms with E-state index in [1.165, 1.54) is 17.7 Å². The largest absolute Gasteiger partial charge is 0.385 e. The molecule has 5 heteroatoms. The highest BCUT2D eigenvalue weighted by Crippen LogP contribution is 2.28. The summed E-state index contributed by atoms with van der Waals surface area (Å²) in [5, 5.41) is 13.7. The van der Waals surface area contributed by atoms with Gasteiger partial charge in [-0.1, -0.05) is 18.6 Å². The molecule has 0 spiro atoms. The summed E-state index contributed by atoms with van der Waals surface area (Å²) in [7, 11) is 0. The lowest BCUT2D eigenvalue weighted by molar-refractivity contribution is -0.387. The quantitative estimate of drug-likeness (QED) is 0.511. The number of nitrogens with one attached hydrogen (secondary N) is 1. The maximum atomic E-state index is 13.5. The minimum atomic E-state index is -0.798. The van der Waals surface area contributed by atoms with Crippen LogP contribution in [0.25, 0.3) is 0 Å². The summed E-state index contributed by atoms with van der Waals surface area (Å²) in [5.74, 6) is 0.297. The molecule has 1 N–H and O–H groups in total. The highest BCUT2D eigenvalue weighted by molar-refractivity contribution is 5.49. The summed E-state index contributed by atoms with van der Waals surface area (Å²) in [5.41, 5.74) is 1.50. The fourth-order valence-electron chi connectivity index (χ4n) is 2.87. The smallest absolute Gasteiger partial charge is 0.304 e. The number of benzene rings is 1. The Morgan fingerprint density at radius 2 is 2.25 bits per heavy atom. The lowest BCUT2D eigenvalue weighted by Crippen LogP contribution is -2.20. The molecule has 0 aliphatic heterocycles. The van der Waals surface area contributed by atoms with Gasteiger partial charge in [-0.3, -0.25) is 10.1 Å². The van der Waals surface area contributed by atoms with E-state index >= 15 is 0 Å². The maximum absolute atomic E-state index is 13.5. The Morgan fingerprint density at radius 3 is 2.85 bits per heavy atom. The average molecular weight is 278 g/mol. The summed E-state index contributed by atoms with van der Waals surface area (Å²) in [6.07, 6.45) is 4.45. The summed E-state index contributed by atoms with van der Waals surface area (Å²) in [4.78, 5) is 9.84. The van der Waals surface area contributed by atoms with Gasteiger partial charge in [-0.25, -0.2) is 0 Å². The molecule has 0 amide bonds. The molecule has 0 fully saturated rings. The van der Waals surface area contributed by atoms with Crippen molar-refractivity contribution >= 4 is 11.4 Å². The molecule has 20 heavy (non-hydrogen) atoms. The number of nitrogens with zero attached hydrogens (tertiary/aromatic N) is 1. The Bertz CT molecular complexity index is 543. The average Bonchev–Trinajstić information content (AvgIpc) is 2.35. The van der Waals surface area contributed by atoms with Crippen molar-refractivity contribution < 1.29 is 9.31 Å². The topological polar surface area (TPSA) is 55.2 Å². The van der Waals surface area contributed by atoms with Gasteiger partial charge < -0.3 is 5.32 Å². The number of halogens is 1. The van der Waals surface area contributed by atoms with Crippen molar-refractivity contribution in [2.24, 2.45) is 11.8 Å². The molecule has 108 valence electrons. The minimum Gasteiger partial charge on any atom is -0.385 e. The first-order chi connectivity index (χ1) is 9.45. The van der Waals surface area contributed by atoms with Crippen LogP contribution in [0.15, 0.2) is 29.8 Å². The molecule has 0 bridgehead atoms. The highest BCUT2D eigenvalue weighted by Gasteiger charge is 2.18. The normalized spacial score (nSPS) is 22.2. The Morgan fingerprint density at radius 1 is 1.50 bits per heavy atom. The van der Waals surface area contributed by atoms with Crippen molar-refractivity contribution in [3.63, 3.8) is 0 Å². The monoisotopic (exact) mass is 278 g/mol. The zero-order chi connectivity index (χ0) is 14.7. The van der Waals surface area contributed by atoms with Crippen molar-refractivity contribution in [3.05, 3.63) is 45.8 Å². The number of rotatable bonds is 4. The van der Waals surface area contributed by atoms with Crippen LogP contribution in [-0.4, -0.2) is 11.5 Å². The lowest BCUT2D eigenvalue weighted by Gasteiger charge is -2.25. The van der Waals surface area contributed by atoms with Crippen molar-refractivity contribution in [3.8, 4) is 0 Å². The van der Waals surface area contributed by atoms with Gasteiger partial charge >= 0.3 is 5.69 Å².